The van der Waals surface area contributed by atoms with Gasteiger partial charge in [-0.05, 0) is 48.0 Å². The number of hydrogen-bond donors (Lipinski definition) is 2. The largest absolute Gasteiger partial charge is 0.475 e. The quantitative estimate of drug-likeness (QED) is 0.0688. The second-order valence-electron chi connectivity index (χ2n) is 13.2. The molecule has 0 aliphatic carbocycles. The Kier molecular flexibility index (Phi) is 24.2. The summed E-state index contributed by atoms with van der Waals surface area (Å²) in [5.74, 6) is 0. The van der Waals surface area contributed by atoms with Gasteiger partial charge in [0.1, 0.15) is 11.7 Å². The number of phosphoric acid groups is 1. The predicted octanol–water partition coefficient (Wildman–Crippen LogP) is 9.11. The Labute approximate surface area is 258 Å². The van der Waals surface area contributed by atoms with Gasteiger partial charge in [-0.25, -0.2) is 9.36 Å². The van der Waals surface area contributed by atoms with E-state index in [-0.39, 0.29) is 26.4 Å². The van der Waals surface area contributed by atoms with Gasteiger partial charge in [0.2, 0.25) is 0 Å². The predicted molar refractivity (Wildman–Crippen MR) is 171 cm³/mol. The van der Waals surface area contributed by atoms with Crippen LogP contribution in [0.15, 0.2) is 0 Å². The lowest BCUT2D eigenvalue weighted by Gasteiger charge is -2.27. The highest BCUT2D eigenvalue weighted by Gasteiger charge is 2.33. The monoisotopic (exact) mass is 623 g/mol. The van der Waals surface area contributed by atoms with Gasteiger partial charge in [-0.1, -0.05) is 103 Å². The van der Waals surface area contributed by atoms with Gasteiger partial charge in [0, 0.05) is 13.2 Å². The lowest BCUT2D eigenvalue weighted by atomic mass is 10.0. The number of alkyl carbamates (subject to hydrolysis) is 1. The molecule has 9 nitrogen and oxygen atoms in total. The fraction of sp³-hybridized carbons (Fsp3) is 0.969. The fourth-order valence-corrected chi connectivity index (χ4v) is 5.77. The lowest BCUT2D eigenvalue weighted by Crippen LogP contribution is -2.34. The summed E-state index contributed by atoms with van der Waals surface area (Å²) in [6.07, 6.45) is 19.5. The number of ether oxygens (including phenoxy) is 2. The second kappa shape index (κ2) is 24.6. The number of aliphatic hydroxyl groups is 1. The Morgan fingerprint density at radius 2 is 1.17 bits per heavy atom. The standard InChI is InChI=1S/C32H66NO8P/c1-8-9-10-11-12-13-14-15-16-17-18-19-20-21-22-23-25-37-27-29(34)28-39-42(36,41-32(5,6)7)38-26-24-33-30(35)40-31(2,3)4/h29,34H,8-28H2,1-7H3,(H,33,35)/t29-,42?/m1/s1. The molecule has 0 saturated heterocycles. The first-order chi connectivity index (χ1) is 19.8. The molecule has 0 aliphatic rings. The Balaban J connectivity index is 3.88. The summed E-state index contributed by atoms with van der Waals surface area (Å²) in [6.45, 7) is 13.1. The highest BCUT2D eigenvalue weighted by Crippen LogP contribution is 2.52. The average Bonchev–Trinajstić information content (AvgIpc) is 2.87. The lowest BCUT2D eigenvalue weighted by molar-refractivity contribution is -0.0124. The van der Waals surface area contributed by atoms with Gasteiger partial charge in [-0.15, -0.1) is 0 Å². The first kappa shape index (κ1) is 41.3. The molecule has 10 heteroatoms. The number of aliphatic hydroxyl groups excluding tert-OH is 1. The van der Waals surface area contributed by atoms with Crippen LogP contribution in [0.2, 0.25) is 0 Å². The third kappa shape index (κ3) is 29.4. The van der Waals surface area contributed by atoms with Crippen LogP contribution < -0.4 is 5.32 Å². The van der Waals surface area contributed by atoms with Crippen molar-refractivity contribution in [2.24, 2.45) is 0 Å². The van der Waals surface area contributed by atoms with Crippen LogP contribution in [0.1, 0.15) is 151 Å². The number of hydrogen-bond acceptors (Lipinski definition) is 8. The molecule has 252 valence electrons. The first-order valence-corrected chi connectivity index (χ1v) is 18.0. The van der Waals surface area contributed by atoms with Crippen LogP contribution in [0.5, 0.6) is 0 Å². The molecule has 2 atom stereocenters. The van der Waals surface area contributed by atoms with E-state index in [9.17, 15) is 14.5 Å². The maximum Gasteiger partial charge on any atom is 0.475 e. The topological polar surface area (TPSA) is 113 Å². The van der Waals surface area contributed by atoms with E-state index in [0.29, 0.717) is 6.61 Å². The second-order valence-corrected chi connectivity index (χ2v) is 14.8. The molecule has 1 unspecified atom stereocenters. The van der Waals surface area contributed by atoms with Crippen molar-refractivity contribution in [3.63, 3.8) is 0 Å². The third-order valence-corrected chi connectivity index (χ3v) is 8.02. The molecule has 42 heavy (non-hydrogen) atoms. The van der Waals surface area contributed by atoms with Crippen molar-refractivity contribution < 1.29 is 37.5 Å². The van der Waals surface area contributed by atoms with Crippen molar-refractivity contribution in [2.75, 3.05) is 33.0 Å². The number of carbonyl (C=O) groups is 1. The molecule has 0 aromatic carbocycles. The molecule has 0 radical (unpaired) electrons. The van der Waals surface area contributed by atoms with Gasteiger partial charge in [-0.2, -0.15) is 0 Å². The highest BCUT2D eigenvalue weighted by molar-refractivity contribution is 7.48. The average molecular weight is 624 g/mol. The van der Waals surface area contributed by atoms with Gasteiger partial charge in [0.15, 0.2) is 0 Å². The minimum atomic E-state index is -3.98. The van der Waals surface area contributed by atoms with Crippen LogP contribution in [0, 0.1) is 0 Å². The molecule has 2 N–H and O–H groups in total. The molecule has 0 fully saturated rings. The van der Waals surface area contributed by atoms with Gasteiger partial charge >= 0.3 is 13.9 Å². The first-order valence-electron chi connectivity index (χ1n) is 16.6. The number of unbranched alkanes of at least 4 members (excludes halogenated alkanes) is 15. The molecule has 0 spiro atoms. The summed E-state index contributed by atoms with van der Waals surface area (Å²) in [5, 5.41) is 12.8. The minimum absolute atomic E-state index is 0.0563. The Morgan fingerprint density at radius 1 is 0.690 bits per heavy atom. The van der Waals surface area contributed by atoms with Crippen LogP contribution in [0.3, 0.4) is 0 Å². The van der Waals surface area contributed by atoms with Gasteiger partial charge in [0.25, 0.3) is 0 Å². The number of amides is 1. The third-order valence-electron chi connectivity index (χ3n) is 6.28. The molecule has 0 saturated carbocycles. The zero-order valence-electron chi connectivity index (χ0n) is 28.2. The van der Waals surface area contributed by atoms with Crippen LogP contribution in [0.4, 0.5) is 4.79 Å². The van der Waals surface area contributed by atoms with E-state index in [1.807, 2.05) is 0 Å². The number of phosphoric ester groups is 1. The smallest absolute Gasteiger partial charge is 0.444 e. The van der Waals surface area contributed by atoms with E-state index in [0.717, 1.165) is 12.8 Å². The molecular weight excluding hydrogens is 557 g/mol. The van der Waals surface area contributed by atoms with Gasteiger partial charge < -0.3 is 19.9 Å². The Hall–Kier alpha value is -0.700. The van der Waals surface area contributed by atoms with E-state index in [1.165, 1.54) is 89.9 Å². The van der Waals surface area contributed by atoms with Crippen molar-refractivity contribution in [1.29, 1.82) is 0 Å². The Bertz CT molecular complexity index is 693. The highest BCUT2D eigenvalue weighted by atomic mass is 31.2. The van der Waals surface area contributed by atoms with Crippen LogP contribution in [-0.2, 0) is 27.6 Å². The molecule has 0 heterocycles. The van der Waals surface area contributed by atoms with E-state index in [1.54, 1.807) is 41.5 Å². The normalized spacial score (nSPS) is 14.5. The molecule has 0 bridgehead atoms. The molecule has 0 aromatic heterocycles. The summed E-state index contributed by atoms with van der Waals surface area (Å²) in [6, 6.07) is 0. The van der Waals surface area contributed by atoms with Crippen molar-refractivity contribution >= 4 is 13.9 Å². The van der Waals surface area contributed by atoms with Crippen molar-refractivity contribution in [3.8, 4) is 0 Å². The number of nitrogens with one attached hydrogen (secondary N) is 1. The van der Waals surface area contributed by atoms with Crippen molar-refractivity contribution in [2.45, 2.75) is 169 Å². The fourth-order valence-electron chi connectivity index (χ4n) is 4.25. The molecular formula is C32H66NO8P. The van der Waals surface area contributed by atoms with Crippen LogP contribution >= 0.6 is 7.82 Å². The molecule has 0 aromatic rings. The van der Waals surface area contributed by atoms with E-state index < -0.39 is 31.2 Å². The van der Waals surface area contributed by atoms with E-state index in [2.05, 4.69) is 12.2 Å². The van der Waals surface area contributed by atoms with Gasteiger partial charge in [-0.3, -0.25) is 13.6 Å². The summed E-state index contributed by atoms with van der Waals surface area (Å²) < 4.78 is 40.1. The van der Waals surface area contributed by atoms with Crippen molar-refractivity contribution in [1.82, 2.24) is 5.32 Å². The summed E-state index contributed by atoms with van der Waals surface area (Å²) >= 11 is 0. The maximum absolute atomic E-state index is 13.1. The van der Waals surface area contributed by atoms with E-state index >= 15 is 0 Å². The van der Waals surface area contributed by atoms with Crippen LogP contribution in [0.25, 0.3) is 0 Å². The molecule has 0 aliphatic heterocycles. The van der Waals surface area contributed by atoms with Crippen molar-refractivity contribution in [3.05, 3.63) is 0 Å². The summed E-state index contributed by atoms with van der Waals surface area (Å²) in [7, 11) is -3.98. The Morgan fingerprint density at radius 3 is 1.62 bits per heavy atom. The summed E-state index contributed by atoms with van der Waals surface area (Å²) in [5.41, 5.74) is -1.42. The minimum Gasteiger partial charge on any atom is -0.444 e. The maximum atomic E-state index is 13.1. The zero-order chi connectivity index (χ0) is 31.7. The van der Waals surface area contributed by atoms with E-state index in [4.69, 9.17) is 23.0 Å². The van der Waals surface area contributed by atoms with Gasteiger partial charge in [0.05, 0.1) is 25.4 Å². The van der Waals surface area contributed by atoms with Crippen LogP contribution in [-0.4, -0.2) is 61.5 Å². The molecule has 1 amide bonds. The SMILES string of the molecule is CCCCCCCCCCCCCCCCCCOC[C@@H](O)COP(=O)(OCCNC(=O)OC(C)(C)C)OC(C)(C)C. The number of rotatable bonds is 27. The zero-order valence-corrected chi connectivity index (χ0v) is 29.1. The molecule has 0 rings (SSSR count). The number of carbonyl (C=O) groups excluding carboxylic acids is 1. The summed E-state index contributed by atoms with van der Waals surface area (Å²) in [4.78, 5) is 11.8.